The molecule has 0 radical (unpaired) electrons. The van der Waals surface area contributed by atoms with Gasteiger partial charge in [0.05, 0.1) is 13.7 Å². The van der Waals surface area contributed by atoms with Crippen molar-refractivity contribution in [3.05, 3.63) is 70.8 Å². The Kier molecular flexibility index (Phi) is 5.59. The fourth-order valence-electron chi connectivity index (χ4n) is 2.89. The van der Waals surface area contributed by atoms with Crippen molar-refractivity contribution < 1.29 is 19.1 Å². The molecule has 6 nitrogen and oxygen atoms in total. The molecule has 2 aromatic rings. The average Bonchev–Trinajstić information content (AvgIpc) is 2.69. The zero-order chi connectivity index (χ0) is 20.3. The number of rotatable bonds is 5. The Morgan fingerprint density at radius 1 is 1.00 bits per heavy atom. The van der Waals surface area contributed by atoms with Crippen molar-refractivity contribution >= 4 is 23.9 Å². The maximum Gasteiger partial charge on any atom is 0.331 e. The van der Waals surface area contributed by atoms with Crippen molar-refractivity contribution in [2.24, 2.45) is 0 Å². The molecule has 0 aromatic heterocycles. The Bertz CT molecular complexity index is 928. The van der Waals surface area contributed by atoms with Gasteiger partial charge in [-0.15, -0.1) is 0 Å². The summed E-state index contributed by atoms with van der Waals surface area (Å²) in [5.74, 6) is -0.232. The lowest BCUT2D eigenvalue weighted by Crippen LogP contribution is -2.53. The lowest BCUT2D eigenvalue weighted by atomic mass is 10.0. The van der Waals surface area contributed by atoms with Gasteiger partial charge in [0.25, 0.3) is 11.8 Å². The molecule has 1 aliphatic heterocycles. The van der Waals surface area contributed by atoms with Gasteiger partial charge in [-0.25, -0.2) is 4.79 Å². The first-order valence-electron chi connectivity index (χ1n) is 9.01. The van der Waals surface area contributed by atoms with Crippen LogP contribution in [0.5, 0.6) is 5.75 Å². The Balaban J connectivity index is 1.84. The summed E-state index contributed by atoms with van der Waals surface area (Å²) in [6.45, 7) is 4.24. The van der Waals surface area contributed by atoms with E-state index in [1.807, 2.05) is 24.3 Å². The molecule has 3 rings (SSSR count). The number of nitrogens with one attached hydrogen (secondary N) is 1. The number of urea groups is 1. The summed E-state index contributed by atoms with van der Waals surface area (Å²) in [6.07, 6.45) is 1.51. The van der Waals surface area contributed by atoms with Crippen LogP contribution in [0.15, 0.2) is 54.1 Å². The third-order valence-corrected chi connectivity index (χ3v) is 4.60. The van der Waals surface area contributed by atoms with Crippen LogP contribution < -0.4 is 10.1 Å². The smallest absolute Gasteiger partial charge is 0.331 e. The Labute approximate surface area is 163 Å². The second kappa shape index (κ2) is 8.08. The molecular formula is C22H22N2O4. The van der Waals surface area contributed by atoms with Crippen molar-refractivity contribution in [1.82, 2.24) is 10.2 Å². The molecule has 0 saturated carbocycles. The van der Waals surface area contributed by atoms with Crippen LogP contribution in [0.25, 0.3) is 6.08 Å². The summed E-state index contributed by atoms with van der Waals surface area (Å²) < 4.78 is 5.11. The molecule has 0 bridgehead atoms. The van der Waals surface area contributed by atoms with E-state index in [0.717, 1.165) is 21.6 Å². The number of barbiturate groups is 1. The average molecular weight is 378 g/mol. The molecule has 1 aliphatic rings. The number of methoxy groups -OCH3 is 1. The summed E-state index contributed by atoms with van der Waals surface area (Å²) in [5.41, 5.74) is 2.57. The highest BCUT2D eigenvalue weighted by Crippen LogP contribution is 2.20. The Morgan fingerprint density at radius 2 is 1.64 bits per heavy atom. The lowest BCUT2D eigenvalue weighted by molar-refractivity contribution is -0.130. The van der Waals surface area contributed by atoms with E-state index in [0.29, 0.717) is 11.7 Å². The SMILES string of the molecule is COc1ccc(CN2C(=O)NC(=O)C(=Cc3ccc(C(C)C)cc3)C2=O)cc1. The van der Waals surface area contributed by atoms with Gasteiger partial charge in [-0.05, 0) is 40.8 Å². The fourth-order valence-corrected chi connectivity index (χ4v) is 2.89. The molecule has 0 unspecified atom stereocenters. The highest BCUT2D eigenvalue weighted by molar-refractivity contribution is 6.30. The molecule has 1 N–H and O–H groups in total. The summed E-state index contributed by atoms with van der Waals surface area (Å²) in [6, 6.07) is 13.9. The molecule has 0 spiro atoms. The van der Waals surface area contributed by atoms with E-state index in [1.54, 1.807) is 31.4 Å². The molecule has 0 atom stereocenters. The first-order chi connectivity index (χ1) is 13.4. The monoisotopic (exact) mass is 378 g/mol. The standard InChI is InChI=1S/C22H22N2O4/c1-14(2)17-8-4-15(5-9-17)12-19-20(25)23-22(27)24(21(19)26)13-16-6-10-18(28-3)11-7-16/h4-12,14H,13H2,1-3H3,(H,23,25,27). The number of amides is 4. The van der Waals surface area contributed by atoms with Gasteiger partial charge in [0, 0.05) is 0 Å². The normalized spacial score (nSPS) is 15.9. The Hall–Kier alpha value is -3.41. The number of hydrogen-bond acceptors (Lipinski definition) is 4. The van der Waals surface area contributed by atoms with Gasteiger partial charge in [0.1, 0.15) is 11.3 Å². The lowest BCUT2D eigenvalue weighted by Gasteiger charge is -2.26. The zero-order valence-corrected chi connectivity index (χ0v) is 16.1. The fraction of sp³-hybridized carbons (Fsp3) is 0.227. The highest BCUT2D eigenvalue weighted by Gasteiger charge is 2.35. The van der Waals surface area contributed by atoms with E-state index in [9.17, 15) is 14.4 Å². The van der Waals surface area contributed by atoms with Gasteiger partial charge in [0.2, 0.25) is 0 Å². The van der Waals surface area contributed by atoms with Crippen LogP contribution in [0, 0.1) is 0 Å². The number of carbonyl (C=O) groups is 3. The highest BCUT2D eigenvalue weighted by atomic mass is 16.5. The van der Waals surface area contributed by atoms with E-state index >= 15 is 0 Å². The minimum absolute atomic E-state index is 0.0611. The third-order valence-electron chi connectivity index (χ3n) is 4.60. The van der Waals surface area contributed by atoms with E-state index in [1.165, 1.54) is 6.08 Å². The van der Waals surface area contributed by atoms with Crippen LogP contribution >= 0.6 is 0 Å². The number of hydrogen-bond donors (Lipinski definition) is 1. The molecule has 6 heteroatoms. The predicted octanol–water partition coefficient (Wildman–Crippen LogP) is 3.48. The minimum atomic E-state index is -0.724. The number of nitrogens with zero attached hydrogens (tertiary/aromatic N) is 1. The minimum Gasteiger partial charge on any atom is -0.497 e. The van der Waals surface area contributed by atoms with E-state index < -0.39 is 17.8 Å². The van der Waals surface area contributed by atoms with Gasteiger partial charge >= 0.3 is 6.03 Å². The first-order valence-corrected chi connectivity index (χ1v) is 9.01. The quantitative estimate of drug-likeness (QED) is 0.638. The van der Waals surface area contributed by atoms with Gasteiger partial charge in [0.15, 0.2) is 0 Å². The van der Waals surface area contributed by atoms with Crippen molar-refractivity contribution in [2.45, 2.75) is 26.3 Å². The van der Waals surface area contributed by atoms with Crippen molar-refractivity contribution in [3.8, 4) is 5.75 Å². The van der Waals surface area contributed by atoms with Crippen molar-refractivity contribution in [2.75, 3.05) is 7.11 Å². The van der Waals surface area contributed by atoms with Gasteiger partial charge in [-0.3, -0.25) is 19.8 Å². The van der Waals surface area contributed by atoms with Gasteiger partial charge < -0.3 is 4.74 Å². The molecule has 0 aliphatic carbocycles. The van der Waals surface area contributed by atoms with Gasteiger partial charge in [-0.2, -0.15) is 0 Å². The molecule has 2 aromatic carbocycles. The van der Waals surface area contributed by atoms with Gasteiger partial charge in [-0.1, -0.05) is 50.2 Å². The maximum atomic E-state index is 12.8. The number of carbonyl (C=O) groups excluding carboxylic acids is 3. The maximum absolute atomic E-state index is 12.8. The van der Waals surface area contributed by atoms with Crippen LogP contribution in [0.2, 0.25) is 0 Å². The molecule has 144 valence electrons. The van der Waals surface area contributed by atoms with Crippen LogP contribution in [0.4, 0.5) is 4.79 Å². The summed E-state index contributed by atoms with van der Waals surface area (Å²) >= 11 is 0. The Morgan fingerprint density at radius 3 is 2.21 bits per heavy atom. The van der Waals surface area contributed by atoms with Crippen molar-refractivity contribution in [1.29, 1.82) is 0 Å². The first kappa shape index (κ1) is 19.4. The summed E-state index contributed by atoms with van der Waals surface area (Å²) in [4.78, 5) is 38.2. The topological polar surface area (TPSA) is 75.7 Å². The number of imide groups is 2. The van der Waals surface area contributed by atoms with E-state index in [2.05, 4.69) is 19.2 Å². The summed E-state index contributed by atoms with van der Waals surface area (Å²) in [5, 5.41) is 2.24. The zero-order valence-electron chi connectivity index (χ0n) is 16.1. The molecule has 28 heavy (non-hydrogen) atoms. The van der Waals surface area contributed by atoms with Crippen molar-refractivity contribution in [3.63, 3.8) is 0 Å². The van der Waals surface area contributed by atoms with Crippen LogP contribution in [0.3, 0.4) is 0 Å². The van der Waals surface area contributed by atoms with Crippen LogP contribution in [0.1, 0.15) is 36.5 Å². The largest absolute Gasteiger partial charge is 0.497 e. The summed E-state index contributed by atoms with van der Waals surface area (Å²) in [7, 11) is 1.56. The van der Waals surface area contributed by atoms with E-state index in [4.69, 9.17) is 4.74 Å². The molecule has 1 saturated heterocycles. The second-order valence-electron chi connectivity index (χ2n) is 6.88. The number of ether oxygens (including phenoxy) is 1. The molecular weight excluding hydrogens is 356 g/mol. The second-order valence-corrected chi connectivity index (χ2v) is 6.88. The van der Waals surface area contributed by atoms with Crippen LogP contribution in [-0.2, 0) is 16.1 Å². The number of benzene rings is 2. The van der Waals surface area contributed by atoms with Crippen LogP contribution in [-0.4, -0.2) is 29.9 Å². The predicted molar refractivity (Wildman–Crippen MR) is 106 cm³/mol. The molecule has 1 fully saturated rings. The third kappa shape index (κ3) is 4.11. The molecule has 4 amide bonds. The van der Waals surface area contributed by atoms with E-state index in [-0.39, 0.29) is 12.1 Å². The molecule has 1 heterocycles.